The molecule has 0 saturated heterocycles. The van der Waals surface area contributed by atoms with Crippen molar-refractivity contribution in [3.63, 3.8) is 0 Å². The number of hydrogen-bond acceptors (Lipinski definition) is 7. The number of aromatic nitrogens is 1. The van der Waals surface area contributed by atoms with Gasteiger partial charge >= 0.3 is 11.9 Å². The minimum absolute atomic E-state index is 0.00327. The van der Waals surface area contributed by atoms with Crippen LogP contribution in [0.25, 0.3) is 11.1 Å². The highest BCUT2D eigenvalue weighted by Gasteiger charge is 2.26. The molecule has 1 fully saturated rings. The lowest BCUT2D eigenvalue weighted by atomic mass is 9.96. The number of oxazole rings is 1. The minimum atomic E-state index is -0.660. The Labute approximate surface area is 180 Å². The molecule has 3 rings (SSSR count). The van der Waals surface area contributed by atoms with Crippen LogP contribution < -0.4 is 0 Å². The number of para-hydroxylation sites is 2. The van der Waals surface area contributed by atoms with Gasteiger partial charge in [0.25, 0.3) is 4.84 Å². The molecule has 0 radical (unpaired) electrons. The van der Waals surface area contributed by atoms with Gasteiger partial charge in [-0.25, -0.2) is 9.59 Å². The van der Waals surface area contributed by atoms with Crippen LogP contribution in [0.15, 0.2) is 45.3 Å². The molecule has 1 aromatic carbocycles. The zero-order chi connectivity index (χ0) is 21.5. The van der Waals surface area contributed by atoms with Gasteiger partial charge in [-0.05, 0) is 51.0 Å². The maximum atomic E-state index is 12.9. The second-order valence-corrected chi connectivity index (χ2v) is 7.30. The van der Waals surface area contributed by atoms with Crippen LogP contribution in [0.1, 0.15) is 46.0 Å². The molecule has 0 N–H and O–H groups in total. The van der Waals surface area contributed by atoms with Gasteiger partial charge in [-0.1, -0.05) is 31.4 Å². The number of aliphatic imine (C=N–C) groups is 1. The molecule has 2 aromatic rings. The smallest absolute Gasteiger partial charge is 0.342 e. The van der Waals surface area contributed by atoms with Gasteiger partial charge in [0, 0.05) is 6.08 Å². The van der Waals surface area contributed by atoms with E-state index in [1.165, 1.54) is 6.42 Å². The minimum Gasteiger partial charge on any atom is -0.463 e. The summed E-state index contributed by atoms with van der Waals surface area (Å²) >= 11 is 5.45. The van der Waals surface area contributed by atoms with E-state index in [1.54, 1.807) is 24.5 Å². The lowest BCUT2D eigenvalue weighted by Crippen LogP contribution is -2.26. The Morgan fingerprint density at radius 2 is 1.87 bits per heavy atom. The van der Waals surface area contributed by atoms with Crippen molar-refractivity contribution in [1.29, 1.82) is 0 Å². The maximum absolute atomic E-state index is 12.9. The first-order valence-electron chi connectivity index (χ1n) is 10.3. The Bertz CT molecular complexity index is 1030. The highest BCUT2D eigenvalue weighted by molar-refractivity contribution is 7.71. The average molecular weight is 431 g/mol. The fraction of sp³-hybridized carbons (Fsp3) is 0.455. The van der Waals surface area contributed by atoms with Gasteiger partial charge in [0.05, 0.1) is 24.8 Å². The van der Waals surface area contributed by atoms with Gasteiger partial charge in [0.1, 0.15) is 5.57 Å². The largest absolute Gasteiger partial charge is 0.463 e. The zero-order valence-corrected chi connectivity index (χ0v) is 18.1. The summed E-state index contributed by atoms with van der Waals surface area (Å²) in [5, 5.41) is 0. The van der Waals surface area contributed by atoms with Gasteiger partial charge in [0.2, 0.25) is 0 Å². The Morgan fingerprint density at radius 3 is 2.57 bits per heavy atom. The summed E-state index contributed by atoms with van der Waals surface area (Å²) in [6.07, 6.45) is 6.24. The van der Waals surface area contributed by atoms with Crippen molar-refractivity contribution in [2.75, 3.05) is 13.2 Å². The molecule has 1 aromatic heterocycles. The SMILES string of the molecule is CCOC(=O)/C=C(\C(=O)OCC)C(=NC1CCCCC1)n1c(=S)oc2ccccc21. The topological polar surface area (TPSA) is 83.0 Å². The van der Waals surface area contributed by atoms with E-state index in [4.69, 9.17) is 31.1 Å². The third-order valence-corrected chi connectivity index (χ3v) is 5.13. The van der Waals surface area contributed by atoms with E-state index in [0.29, 0.717) is 11.1 Å². The van der Waals surface area contributed by atoms with Crippen LogP contribution in [0, 0.1) is 4.84 Å². The standard InChI is InChI=1S/C22H26N2O5S/c1-3-27-19(25)14-16(21(26)28-4-2)20(23-15-10-6-5-7-11-15)24-17-12-8-9-13-18(17)29-22(24)30/h8-9,12-15H,3-7,10-11H2,1-2H3/b16-14-,23-20?. The highest BCUT2D eigenvalue weighted by atomic mass is 32.1. The first-order valence-corrected chi connectivity index (χ1v) is 10.7. The van der Waals surface area contributed by atoms with Gasteiger partial charge in [0.15, 0.2) is 11.4 Å². The molecule has 1 heterocycles. The summed E-state index contributed by atoms with van der Waals surface area (Å²) in [6, 6.07) is 7.32. The summed E-state index contributed by atoms with van der Waals surface area (Å²) in [5.74, 6) is -1.05. The lowest BCUT2D eigenvalue weighted by Gasteiger charge is -2.20. The maximum Gasteiger partial charge on any atom is 0.342 e. The zero-order valence-electron chi connectivity index (χ0n) is 17.3. The van der Waals surface area contributed by atoms with Gasteiger partial charge in [-0.2, -0.15) is 0 Å². The van der Waals surface area contributed by atoms with Crippen LogP contribution in [-0.4, -0.2) is 41.6 Å². The van der Waals surface area contributed by atoms with E-state index in [0.717, 1.165) is 31.8 Å². The molecule has 1 saturated carbocycles. The number of nitrogens with zero attached hydrogens (tertiary/aromatic N) is 2. The van der Waals surface area contributed by atoms with E-state index in [1.807, 2.05) is 18.2 Å². The third-order valence-electron chi connectivity index (χ3n) is 4.86. The molecule has 0 bridgehead atoms. The molecule has 8 heteroatoms. The van der Waals surface area contributed by atoms with Crippen molar-refractivity contribution in [3.05, 3.63) is 40.8 Å². The number of esters is 2. The first kappa shape index (κ1) is 22.0. The number of carbonyl (C=O) groups excluding carboxylic acids is 2. The number of rotatable bonds is 6. The molecule has 160 valence electrons. The van der Waals surface area contributed by atoms with Crippen molar-refractivity contribution in [2.24, 2.45) is 4.99 Å². The fourth-order valence-electron chi connectivity index (χ4n) is 3.52. The predicted octanol–water partition coefficient (Wildman–Crippen LogP) is 4.60. The number of carbonyl (C=O) groups is 2. The van der Waals surface area contributed by atoms with Crippen molar-refractivity contribution >= 4 is 41.1 Å². The second kappa shape index (κ2) is 10.3. The van der Waals surface area contributed by atoms with Crippen LogP contribution in [0.5, 0.6) is 0 Å². The second-order valence-electron chi connectivity index (χ2n) is 6.95. The normalized spacial score (nSPS) is 15.9. The molecule has 1 aliphatic carbocycles. The van der Waals surface area contributed by atoms with E-state index < -0.39 is 11.9 Å². The predicted molar refractivity (Wildman–Crippen MR) is 116 cm³/mol. The Kier molecular flexibility index (Phi) is 7.57. The van der Waals surface area contributed by atoms with Crippen molar-refractivity contribution < 1.29 is 23.5 Å². The molecular weight excluding hydrogens is 404 g/mol. The summed E-state index contributed by atoms with van der Waals surface area (Å²) < 4.78 is 17.6. The fourth-order valence-corrected chi connectivity index (χ4v) is 3.80. The number of ether oxygens (including phenoxy) is 2. The Hall–Kier alpha value is -2.74. The molecular formula is C22H26N2O5S. The monoisotopic (exact) mass is 430 g/mol. The average Bonchev–Trinajstić information content (AvgIpc) is 3.07. The van der Waals surface area contributed by atoms with Crippen LogP contribution in [0.2, 0.25) is 0 Å². The Morgan fingerprint density at radius 1 is 1.17 bits per heavy atom. The van der Waals surface area contributed by atoms with Gasteiger partial charge in [-0.3, -0.25) is 9.56 Å². The van der Waals surface area contributed by atoms with Crippen LogP contribution in [0.4, 0.5) is 0 Å². The first-order chi connectivity index (χ1) is 14.5. The molecule has 0 atom stereocenters. The molecule has 0 spiro atoms. The lowest BCUT2D eigenvalue weighted by molar-refractivity contribution is -0.140. The van der Waals surface area contributed by atoms with Crippen molar-refractivity contribution in [2.45, 2.75) is 52.0 Å². The summed E-state index contributed by atoms with van der Waals surface area (Å²) in [7, 11) is 0. The van der Waals surface area contributed by atoms with Crippen LogP contribution >= 0.6 is 12.2 Å². The number of hydrogen-bond donors (Lipinski definition) is 0. The van der Waals surface area contributed by atoms with Gasteiger partial charge < -0.3 is 13.9 Å². The summed E-state index contributed by atoms with van der Waals surface area (Å²) in [5.41, 5.74) is 1.23. The molecule has 0 amide bonds. The summed E-state index contributed by atoms with van der Waals surface area (Å²) in [6.45, 7) is 3.76. The van der Waals surface area contributed by atoms with E-state index >= 15 is 0 Å². The number of fused-ring (bicyclic) bond motifs is 1. The van der Waals surface area contributed by atoms with E-state index in [2.05, 4.69) is 0 Å². The molecule has 0 aliphatic heterocycles. The van der Waals surface area contributed by atoms with E-state index in [-0.39, 0.29) is 35.5 Å². The molecule has 30 heavy (non-hydrogen) atoms. The number of benzene rings is 1. The van der Waals surface area contributed by atoms with Crippen LogP contribution in [-0.2, 0) is 19.1 Å². The molecule has 0 unspecified atom stereocenters. The molecule has 1 aliphatic rings. The molecule has 7 nitrogen and oxygen atoms in total. The quantitative estimate of drug-likeness (QED) is 0.219. The third kappa shape index (κ3) is 5.05. The highest BCUT2D eigenvalue weighted by Crippen LogP contribution is 2.24. The summed E-state index contributed by atoms with van der Waals surface area (Å²) in [4.78, 5) is 30.1. The van der Waals surface area contributed by atoms with Crippen LogP contribution in [0.3, 0.4) is 0 Å². The Balaban J connectivity index is 2.21. The van der Waals surface area contributed by atoms with Crippen molar-refractivity contribution in [1.82, 2.24) is 4.57 Å². The van der Waals surface area contributed by atoms with E-state index in [9.17, 15) is 9.59 Å². The van der Waals surface area contributed by atoms with Gasteiger partial charge in [-0.15, -0.1) is 0 Å². The van der Waals surface area contributed by atoms with Crippen molar-refractivity contribution in [3.8, 4) is 0 Å².